The molecule has 0 aliphatic heterocycles. The predicted octanol–water partition coefficient (Wildman–Crippen LogP) is 4.42. The van der Waals surface area contributed by atoms with Crippen molar-refractivity contribution in [3.8, 4) is 11.3 Å². The Morgan fingerprint density at radius 1 is 1.41 bits per heavy atom. The zero-order valence-electron chi connectivity index (χ0n) is 9.96. The van der Waals surface area contributed by atoms with E-state index in [0.29, 0.717) is 0 Å². The molecular weight excluding hydrogens is 296 g/mol. The van der Waals surface area contributed by atoms with Gasteiger partial charge in [0.05, 0.1) is 5.01 Å². The first-order valence-corrected chi connectivity index (χ1v) is 7.24. The highest BCUT2D eigenvalue weighted by Crippen LogP contribution is 2.35. The Balaban J connectivity index is 2.45. The van der Waals surface area contributed by atoms with Crippen molar-refractivity contribution in [1.82, 2.24) is 4.98 Å². The Hall–Kier alpha value is -0.870. The number of nitrogens with two attached hydrogens (primary N) is 1. The average Bonchev–Trinajstić information content (AvgIpc) is 2.60. The van der Waals surface area contributed by atoms with Crippen LogP contribution in [0.3, 0.4) is 0 Å². The number of benzene rings is 1. The van der Waals surface area contributed by atoms with Gasteiger partial charge in [-0.1, -0.05) is 35.0 Å². The quantitative estimate of drug-likeness (QED) is 0.911. The molecule has 0 fully saturated rings. The van der Waals surface area contributed by atoms with Crippen LogP contribution >= 0.6 is 27.3 Å². The molecule has 2 aromatic rings. The van der Waals surface area contributed by atoms with Gasteiger partial charge in [-0.05, 0) is 31.4 Å². The van der Waals surface area contributed by atoms with Gasteiger partial charge in [0.2, 0.25) is 0 Å². The van der Waals surface area contributed by atoms with Crippen LogP contribution in [0.5, 0.6) is 0 Å². The van der Waals surface area contributed by atoms with Gasteiger partial charge in [0.25, 0.3) is 0 Å². The summed E-state index contributed by atoms with van der Waals surface area (Å²) in [6.45, 7) is 4.22. The number of nitrogen functional groups attached to an aromatic ring is 1. The van der Waals surface area contributed by atoms with Gasteiger partial charge in [-0.2, -0.15) is 0 Å². The van der Waals surface area contributed by atoms with Crippen molar-refractivity contribution in [1.29, 1.82) is 0 Å². The maximum atomic E-state index is 6.05. The number of nitrogens with zero attached hydrogens (tertiary/aromatic N) is 1. The lowest BCUT2D eigenvalue weighted by Gasteiger charge is -2.03. The van der Waals surface area contributed by atoms with E-state index in [1.54, 1.807) is 11.3 Å². The van der Waals surface area contributed by atoms with Crippen molar-refractivity contribution >= 4 is 32.3 Å². The minimum atomic E-state index is 0.804. The number of rotatable bonds is 3. The van der Waals surface area contributed by atoms with Crippen LogP contribution in [0.25, 0.3) is 11.3 Å². The molecule has 1 aromatic carbocycles. The van der Waals surface area contributed by atoms with E-state index in [0.717, 1.165) is 38.6 Å². The molecule has 0 spiro atoms. The Morgan fingerprint density at radius 3 is 2.82 bits per heavy atom. The van der Waals surface area contributed by atoms with Crippen molar-refractivity contribution in [3.63, 3.8) is 0 Å². The lowest BCUT2D eigenvalue weighted by atomic mass is 10.1. The summed E-state index contributed by atoms with van der Waals surface area (Å²) in [5.74, 6) is 0. The molecule has 0 radical (unpaired) electrons. The topological polar surface area (TPSA) is 38.9 Å². The standard InChI is InChI=1S/C13H15BrN2S/c1-3-4-11-16-12(13(15)17-11)9-6-5-8(2)7-10(9)14/h5-7H,3-4,15H2,1-2H3. The van der Waals surface area contributed by atoms with Gasteiger partial charge in [-0.25, -0.2) is 4.98 Å². The summed E-state index contributed by atoms with van der Waals surface area (Å²) in [4.78, 5) is 4.62. The summed E-state index contributed by atoms with van der Waals surface area (Å²) < 4.78 is 1.05. The van der Waals surface area contributed by atoms with Gasteiger partial charge in [0.15, 0.2) is 0 Å². The molecular formula is C13H15BrN2S. The molecule has 0 atom stereocenters. The first kappa shape index (κ1) is 12.6. The van der Waals surface area contributed by atoms with Crippen LogP contribution in [0.15, 0.2) is 22.7 Å². The van der Waals surface area contributed by atoms with Crippen molar-refractivity contribution in [2.24, 2.45) is 0 Å². The summed E-state index contributed by atoms with van der Waals surface area (Å²) in [5, 5.41) is 1.92. The van der Waals surface area contributed by atoms with Crippen LogP contribution in [0.4, 0.5) is 5.00 Å². The van der Waals surface area contributed by atoms with Crippen LogP contribution in [0.1, 0.15) is 23.9 Å². The molecule has 0 aliphatic carbocycles. The third kappa shape index (κ3) is 2.69. The SMILES string of the molecule is CCCc1nc(-c2ccc(C)cc2Br)c(N)s1. The van der Waals surface area contributed by atoms with E-state index >= 15 is 0 Å². The Kier molecular flexibility index (Phi) is 3.84. The number of thiazole rings is 1. The minimum Gasteiger partial charge on any atom is -0.389 e. The maximum absolute atomic E-state index is 6.05. The lowest BCUT2D eigenvalue weighted by Crippen LogP contribution is -1.88. The summed E-state index contributed by atoms with van der Waals surface area (Å²) in [5.41, 5.74) is 9.25. The summed E-state index contributed by atoms with van der Waals surface area (Å²) in [7, 11) is 0. The molecule has 2 rings (SSSR count). The minimum absolute atomic E-state index is 0.804. The van der Waals surface area contributed by atoms with E-state index in [1.165, 1.54) is 5.56 Å². The fraction of sp³-hybridized carbons (Fsp3) is 0.308. The zero-order chi connectivity index (χ0) is 12.4. The third-order valence-electron chi connectivity index (χ3n) is 2.54. The maximum Gasteiger partial charge on any atom is 0.114 e. The summed E-state index contributed by atoms with van der Waals surface area (Å²) in [6, 6.07) is 6.24. The average molecular weight is 311 g/mol. The fourth-order valence-corrected chi connectivity index (χ4v) is 3.33. The smallest absolute Gasteiger partial charge is 0.114 e. The van der Waals surface area contributed by atoms with Crippen LogP contribution in [0, 0.1) is 6.92 Å². The van der Waals surface area contributed by atoms with Crippen LogP contribution in [-0.4, -0.2) is 4.98 Å². The van der Waals surface area contributed by atoms with Gasteiger partial charge < -0.3 is 5.73 Å². The Bertz CT molecular complexity index is 534. The van der Waals surface area contributed by atoms with Crippen molar-refractivity contribution in [3.05, 3.63) is 33.2 Å². The molecule has 0 aliphatic rings. The lowest BCUT2D eigenvalue weighted by molar-refractivity contribution is 0.910. The fourth-order valence-electron chi connectivity index (χ4n) is 1.70. The molecule has 4 heteroatoms. The Labute approximate surface area is 114 Å². The van der Waals surface area contributed by atoms with Crippen molar-refractivity contribution < 1.29 is 0 Å². The molecule has 0 saturated carbocycles. The number of hydrogen-bond donors (Lipinski definition) is 1. The second-order valence-corrected chi connectivity index (χ2v) is 6.02. The normalized spacial score (nSPS) is 10.8. The van der Waals surface area contributed by atoms with Gasteiger partial charge in [0.1, 0.15) is 10.7 Å². The highest BCUT2D eigenvalue weighted by Gasteiger charge is 2.12. The molecule has 90 valence electrons. The van der Waals surface area contributed by atoms with Crippen molar-refractivity contribution in [2.45, 2.75) is 26.7 Å². The van der Waals surface area contributed by atoms with Gasteiger partial charge in [-0.3, -0.25) is 0 Å². The molecule has 0 bridgehead atoms. The number of halogens is 1. The molecule has 1 heterocycles. The van der Waals surface area contributed by atoms with Crippen LogP contribution in [-0.2, 0) is 6.42 Å². The monoisotopic (exact) mass is 310 g/mol. The molecule has 0 saturated heterocycles. The van der Waals surface area contributed by atoms with Crippen LogP contribution in [0.2, 0.25) is 0 Å². The third-order valence-corrected chi connectivity index (χ3v) is 4.14. The highest BCUT2D eigenvalue weighted by molar-refractivity contribution is 9.10. The Morgan fingerprint density at radius 2 is 2.18 bits per heavy atom. The number of anilines is 1. The van der Waals surface area contributed by atoms with Crippen molar-refractivity contribution in [2.75, 3.05) is 5.73 Å². The van der Waals surface area contributed by atoms with E-state index in [-0.39, 0.29) is 0 Å². The summed E-state index contributed by atoms with van der Waals surface area (Å²) >= 11 is 5.17. The van der Waals surface area contributed by atoms with Gasteiger partial charge in [0, 0.05) is 10.0 Å². The van der Waals surface area contributed by atoms with E-state index in [1.807, 2.05) is 0 Å². The molecule has 17 heavy (non-hydrogen) atoms. The predicted molar refractivity (Wildman–Crippen MR) is 78.4 cm³/mol. The number of hydrogen-bond acceptors (Lipinski definition) is 3. The first-order chi connectivity index (χ1) is 8.11. The number of aryl methyl sites for hydroxylation is 2. The molecule has 2 nitrogen and oxygen atoms in total. The van der Waals surface area contributed by atoms with E-state index in [4.69, 9.17) is 5.73 Å². The summed E-state index contributed by atoms with van der Waals surface area (Å²) in [6.07, 6.45) is 2.10. The van der Waals surface area contributed by atoms with E-state index in [2.05, 4.69) is 53.0 Å². The van der Waals surface area contributed by atoms with Gasteiger partial charge in [-0.15, -0.1) is 11.3 Å². The zero-order valence-corrected chi connectivity index (χ0v) is 12.4. The molecule has 0 amide bonds. The second-order valence-electron chi connectivity index (χ2n) is 4.05. The first-order valence-electron chi connectivity index (χ1n) is 5.63. The molecule has 1 aromatic heterocycles. The number of aromatic nitrogens is 1. The molecule has 2 N–H and O–H groups in total. The van der Waals surface area contributed by atoms with Crippen LogP contribution < -0.4 is 5.73 Å². The van der Waals surface area contributed by atoms with E-state index in [9.17, 15) is 0 Å². The highest BCUT2D eigenvalue weighted by atomic mass is 79.9. The largest absolute Gasteiger partial charge is 0.389 e. The molecule has 0 unspecified atom stereocenters. The van der Waals surface area contributed by atoms with E-state index < -0.39 is 0 Å². The van der Waals surface area contributed by atoms with Gasteiger partial charge >= 0.3 is 0 Å². The second kappa shape index (κ2) is 5.19.